The van der Waals surface area contributed by atoms with Crippen LogP contribution in [0.5, 0.6) is 0 Å². The number of piperidine rings is 1. The predicted octanol–water partition coefficient (Wildman–Crippen LogP) is 3.34. The Morgan fingerprint density at radius 3 is 2.18 bits per heavy atom. The lowest BCUT2D eigenvalue weighted by molar-refractivity contribution is -0.155. The number of likely N-dealkylation sites (tertiary alicyclic amines) is 1. The molecular weight excluding hydrogens is 434 g/mol. The molecule has 2 N–H and O–H groups in total. The summed E-state index contributed by atoms with van der Waals surface area (Å²) in [6.45, 7) is 13.4. The van der Waals surface area contributed by atoms with E-state index < -0.39 is 12.1 Å². The molecule has 0 bridgehead atoms. The number of amides is 3. The Bertz CT molecular complexity index is 784. The van der Waals surface area contributed by atoms with Crippen molar-refractivity contribution in [1.29, 1.82) is 0 Å². The van der Waals surface area contributed by atoms with Gasteiger partial charge in [0.1, 0.15) is 12.1 Å². The van der Waals surface area contributed by atoms with Crippen molar-refractivity contribution in [2.75, 3.05) is 27.4 Å². The van der Waals surface area contributed by atoms with E-state index in [2.05, 4.69) is 31.4 Å². The number of hydrogen-bond donors (Lipinski definition) is 2. The van der Waals surface area contributed by atoms with E-state index in [1.54, 1.807) is 12.0 Å². The minimum atomic E-state index is -0.705. The molecule has 0 unspecified atom stereocenters. The van der Waals surface area contributed by atoms with E-state index in [1.807, 2.05) is 20.8 Å². The van der Waals surface area contributed by atoms with E-state index in [1.165, 1.54) is 7.11 Å². The summed E-state index contributed by atoms with van der Waals surface area (Å²) in [6.07, 6.45) is 4.90. The standard InChI is InChI=1S/C26H45N3O5/c1-24(2,3)17(15-33-7)27-23(32)28-20(26(6)12-10-9-11-13-26)21(30)29-14-16-18(25(16,4)5)19(29)22(31)34-8/h16-20H,9-15H2,1-8H3,(H2,27,28,32)/t16-,17+,18-,19-,20+/m0/s1. The van der Waals surface area contributed by atoms with Gasteiger partial charge in [0.15, 0.2) is 0 Å². The van der Waals surface area contributed by atoms with Crippen molar-refractivity contribution in [3.63, 3.8) is 0 Å². The number of carbonyl (C=O) groups excluding carboxylic acids is 3. The molecule has 2 aliphatic carbocycles. The highest BCUT2D eigenvalue weighted by molar-refractivity contribution is 5.92. The van der Waals surface area contributed by atoms with Crippen LogP contribution in [0.25, 0.3) is 0 Å². The molecule has 3 fully saturated rings. The van der Waals surface area contributed by atoms with Gasteiger partial charge in [-0.15, -0.1) is 0 Å². The number of hydrogen-bond acceptors (Lipinski definition) is 5. The Hall–Kier alpha value is -1.83. The van der Waals surface area contributed by atoms with Crippen LogP contribution in [0.3, 0.4) is 0 Å². The first-order chi connectivity index (χ1) is 15.8. The fourth-order valence-corrected chi connectivity index (χ4v) is 6.26. The lowest BCUT2D eigenvalue weighted by atomic mass is 9.70. The molecule has 3 aliphatic rings. The zero-order chi connectivity index (χ0) is 25.5. The number of nitrogens with one attached hydrogen (secondary N) is 2. The third-order valence-electron chi connectivity index (χ3n) is 8.83. The number of methoxy groups -OCH3 is 2. The van der Waals surface area contributed by atoms with Gasteiger partial charge in [0.25, 0.3) is 0 Å². The lowest BCUT2D eigenvalue weighted by Crippen LogP contribution is -2.62. The van der Waals surface area contributed by atoms with Crippen LogP contribution in [-0.4, -0.2) is 68.3 Å². The van der Waals surface area contributed by atoms with Crippen LogP contribution in [0, 0.1) is 28.1 Å². The Balaban J connectivity index is 1.84. The van der Waals surface area contributed by atoms with Gasteiger partial charge in [0.05, 0.1) is 19.8 Å². The molecule has 1 aliphatic heterocycles. The van der Waals surface area contributed by atoms with Gasteiger partial charge < -0.3 is 25.0 Å². The minimum absolute atomic E-state index is 0.0186. The topological polar surface area (TPSA) is 97.0 Å². The van der Waals surface area contributed by atoms with E-state index >= 15 is 0 Å². The molecule has 3 amide bonds. The van der Waals surface area contributed by atoms with Crippen LogP contribution >= 0.6 is 0 Å². The van der Waals surface area contributed by atoms with Gasteiger partial charge in [-0.05, 0) is 35.0 Å². The van der Waals surface area contributed by atoms with Crippen molar-refractivity contribution in [3.05, 3.63) is 0 Å². The predicted molar refractivity (Wildman–Crippen MR) is 130 cm³/mol. The lowest BCUT2D eigenvalue weighted by Gasteiger charge is -2.43. The molecule has 2 saturated carbocycles. The number of ether oxygens (including phenoxy) is 2. The summed E-state index contributed by atoms with van der Waals surface area (Å²) in [6, 6.07) is -1.88. The maximum atomic E-state index is 14.1. The molecule has 5 atom stereocenters. The zero-order valence-corrected chi connectivity index (χ0v) is 22.3. The second-order valence-corrected chi connectivity index (χ2v) is 12.6. The fraction of sp³-hybridized carbons (Fsp3) is 0.885. The molecule has 1 heterocycles. The van der Waals surface area contributed by atoms with Crippen molar-refractivity contribution in [1.82, 2.24) is 15.5 Å². The molecular formula is C26H45N3O5. The van der Waals surface area contributed by atoms with Crippen molar-refractivity contribution >= 4 is 17.9 Å². The summed E-state index contributed by atoms with van der Waals surface area (Å²) in [5.41, 5.74) is -0.557. The SMILES string of the molecule is COC[C@@H](NC(=O)N[C@H](C(=O)N1C[C@H]2[C@@H]([C@H]1C(=O)OC)C2(C)C)C1(C)CCCCC1)C(C)(C)C. The van der Waals surface area contributed by atoms with Gasteiger partial charge in [-0.2, -0.15) is 0 Å². The van der Waals surface area contributed by atoms with Crippen molar-refractivity contribution in [2.24, 2.45) is 28.1 Å². The highest BCUT2D eigenvalue weighted by Gasteiger charge is 2.70. The van der Waals surface area contributed by atoms with Gasteiger partial charge >= 0.3 is 12.0 Å². The van der Waals surface area contributed by atoms with E-state index in [0.717, 1.165) is 32.1 Å². The Morgan fingerprint density at radius 1 is 1.03 bits per heavy atom. The van der Waals surface area contributed by atoms with Crippen LogP contribution in [0.2, 0.25) is 0 Å². The Morgan fingerprint density at radius 2 is 1.65 bits per heavy atom. The highest BCUT2D eigenvalue weighted by atomic mass is 16.5. The third kappa shape index (κ3) is 5.07. The number of rotatable bonds is 7. The summed E-state index contributed by atoms with van der Waals surface area (Å²) in [7, 11) is 2.99. The van der Waals surface area contributed by atoms with Crippen molar-refractivity contribution in [2.45, 2.75) is 91.8 Å². The summed E-state index contributed by atoms with van der Waals surface area (Å²) in [5.74, 6) is -0.154. The smallest absolute Gasteiger partial charge is 0.328 e. The average molecular weight is 480 g/mol. The largest absolute Gasteiger partial charge is 0.467 e. The first kappa shape index (κ1) is 26.8. The third-order valence-corrected chi connectivity index (χ3v) is 8.83. The van der Waals surface area contributed by atoms with Crippen molar-refractivity contribution in [3.8, 4) is 0 Å². The number of nitrogens with zero attached hydrogens (tertiary/aromatic N) is 1. The van der Waals surface area contributed by atoms with Crippen molar-refractivity contribution < 1.29 is 23.9 Å². The molecule has 0 spiro atoms. The second-order valence-electron chi connectivity index (χ2n) is 12.6. The number of urea groups is 1. The van der Waals surface area contributed by atoms with E-state index in [0.29, 0.717) is 13.2 Å². The maximum absolute atomic E-state index is 14.1. The monoisotopic (exact) mass is 479 g/mol. The van der Waals surface area contributed by atoms with Gasteiger partial charge in [-0.3, -0.25) is 4.79 Å². The molecule has 3 rings (SSSR count). The van der Waals surface area contributed by atoms with E-state index in [4.69, 9.17) is 9.47 Å². The molecule has 34 heavy (non-hydrogen) atoms. The maximum Gasteiger partial charge on any atom is 0.328 e. The first-order valence-electron chi connectivity index (χ1n) is 12.7. The van der Waals surface area contributed by atoms with Crippen LogP contribution < -0.4 is 10.6 Å². The zero-order valence-electron chi connectivity index (χ0n) is 22.3. The Kier molecular flexibility index (Phi) is 7.61. The average Bonchev–Trinajstić information content (AvgIpc) is 3.10. The van der Waals surface area contributed by atoms with E-state index in [-0.39, 0.29) is 52.0 Å². The normalized spacial score (nSPS) is 28.9. The first-order valence-corrected chi connectivity index (χ1v) is 12.7. The van der Waals surface area contributed by atoms with Gasteiger partial charge in [-0.1, -0.05) is 60.8 Å². The second kappa shape index (κ2) is 9.67. The molecule has 8 nitrogen and oxygen atoms in total. The molecule has 0 aromatic heterocycles. The molecule has 8 heteroatoms. The van der Waals surface area contributed by atoms with Crippen LogP contribution in [0.15, 0.2) is 0 Å². The Labute approximate surface area is 204 Å². The summed E-state index contributed by atoms with van der Waals surface area (Å²) in [4.78, 5) is 41.7. The number of fused-ring (bicyclic) bond motifs is 1. The van der Waals surface area contributed by atoms with Gasteiger partial charge in [0.2, 0.25) is 5.91 Å². The number of carbonyl (C=O) groups is 3. The van der Waals surface area contributed by atoms with Crippen LogP contribution in [-0.2, 0) is 19.1 Å². The molecule has 0 aromatic rings. The quantitative estimate of drug-likeness (QED) is 0.546. The highest BCUT2D eigenvalue weighted by Crippen LogP contribution is 2.65. The fourth-order valence-electron chi connectivity index (χ4n) is 6.26. The molecule has 194 valence electrons. The molecule has 1 saturated heterocycles. The number of esters is 1. The van der Waals surface area contributed by atoms with Gasteiger partial charge in [0, 0.05) is 19.6 Å². The molecule has 0 radical (unpaired) electrons. The van der Waals surface area contributed by atoms with E-state index in [9.17, 15) is 14.4 Å². The van der Waals surface area contributed by atoms with Gasteiger partial charge in [-0.25, -0.2) is 9.59 Å². The van der Waals surface area contributed by atoms with Crippen LogP contribution in [0.1, 0.15) is 73.6 Å². The van der Waals surface area contributed by atoms with Crippen LogP contribution in [0.4, 0.5) is 4.79 Å². The summed E-state index contributed by atoms with van der Waals surface area (Å²) in [5, 5.41) is 6.07. The summed E-state index contributed by atoms with van der Waals surface area (Å²) >= 11 is 0. The minimum Gasteiger partial charge on any atom is -0.467 e. The summed E-state index contributed by atoms with van der Waals surface area (Å²) < 4.78 is 10.4. The molecule has 0 aromatic carbocycles.